The molecule has 1 amide bonds. The highest BCUT2D eigenvalue weighted by Gasteiger charge is 2.14. The number of hydrogen-bond acceptors (Lipinski definition) is 5. The molecule has 2 N–H and O–H groups in total. The monoisotopic (exact) mass is 226 g/mol. The van der Waals surface area contributed by atoms with Crippen molar-refractivity contribution in [2.75, 3.05) is 0 Å². The SMILES string of the molecule is Cc1nonc1CNC(C)C(=O)NC(C)C. The zero-order valence-electron chi connectivity index (χ0n) is 10.1. The smallest absolute Gasteiger partial charge is 0.237 e. The largest absolute Gasteiger partial charge is 0.353 e. The summed E-state index contributed by atoms with van der Waals surface area (Å²) in [7, 11) is 0. The van der Waals surface area contributed by atoms with E-state index in [1.54, 1.807) is 6.92 Å². The fourth-order valence-electron chi connectivity index (χ4n) is 1.16. The Balaban J connectivity index is 2.38. The van der Waals surface area contributed by atoms with Crippen molar-refractivity contribution in [1.29, 1.82) is 0 Å². The summed E-state index contributed by atoms with van der Waals surface area (Å²) in [4.78, 5) is 11.6. The highest BCUT2D eigenvalue weighted by molar-refractivity contribution is 5.81. The first-order chi connectivity index (χ1) is 7.50. The van der Waals surface area contributed by atoms with Crippen LogP contribution in [0.5, 0.6) is 0 Å². The maximum Gasteiger partial charge on any atom is 0.237 e. The van der Waals surface area contributed by atoms with E-state index in [0.717, 1.165) is 11.4 Å². The van der Waals surface area contributed by atoms with Gasteiger partial charge in [-0.25, -0.2) is 4.63 Å². The second-order valence-electron chi connectivity index (χ2n) is 4.06. The molecule has 0 bridgehead atoms. The van der Waals surface area contributed by atoms with Crippen LogP contribution in [0.1, 0.15) is 32.2 Å². The third-order valence-electron chi connectivity index (χ3n) is 2.15. The number of carbonyl (C=O) groups is 1. The standard InChI is InChI=1S/C10H18N4O2/c1-6(2)12-10(15)8(4)11-5-9-7(3)13-16-14-9/h6,8,11H,5H2,1-4H3,(H,12,15). The Bertz CT molecular complexity index is 348. The molecular weight excluding hydrogens is 208 g/mol. The molecule has 16 heavy (non-hydrogen) atoms. The lowest BCUT2D eigenvalue weighted by molar-refractivity contribution is -0.123. The van der Waals surface area contributed by atoms with Gasteiger partial charge in [0.15, 0.2) is 0 Å². The van der Waals surface area contributed by atoms with Crippen molar-refractivity contribution < 1.29 is 9.42 Å². The van der Waals surface area contributed by atoms with Gasteiger partial charge in [0, 0.05) is 12.6 Å². The summed E-state index contributed by atoms with van der Waals surface area (Å²) in [5.41, 5.74) is 1.47. The molecule has 6 nitrogen and oxygen atoms in total. The van der Waals surface area contributed by atoms with Crippen LogP contribution >= 0.6 is 0 Å². The molecule has 0 saturated carbocycles. The number of rotatable bonds is 5. The summed E-state index contributed by atoms with van der Waals surface area (Å²) in [6, 6.07) is -0.120. The number of nitrogens with one attached hydrogen (secondary N) is 2. The molecule has 1 atom stereocenters. The van der Waals surface area contributed by atoms with Crippen molar-refractivity contribution in [3.8, 4) is 0 Å². The molecule has 1 aromatic heterocycles. The van der Waals surface area contributed by atoms with Gasteiger partial charge in [0.25, 0.3) is 0 Å². The second-order valence-corrected chi connectivity index (χ2v) is 4.06. The van der Waals surface area contributed by atoms with Crippen molar-refractivity contribution in [3.63, 3.8) is 0 Å². The van der Waals surface area contributed by atoms with Gasteiger partial charge in [-0.05, 0) is 27.7 Å². The molecule has 0 radical (unpaired) electrons. The minimum atomic E-state index is -0.265. The van der Waals surface area contributed by atoms with Crippen LogP contribution in [0, 0.1) is 6.92 Å². The van der Waals surface area contributed by atoms with E-state index < -0.39 is 0 Å². The predicted octanol–water partition coefficient (Wildman–Crippen LogP) is 0.381. The molecule has 0 aliphatic heterocycles. The first-order valence-electron chi connectivity index (χ1n) is 5.32. The third-order valence-corrected chi connectivity index (χ3v) is 2.15. The average Bonchev–Trinajstić information content (AvgIpc) is 2.59. The summed E-state index contributed by atoms with van der Waals surface area (Å²) < 4.78 is 4.56. The van der Waals surface area contributed by atoms with Gasteiger partial charge < -0.3 is 10.6 Å². The normalized spacial score (nSPS) is 12.8. The number of nitrogens with zero attached hydrogens (tertiary/aromatic N) is 2. The van der Waals surface area contributed by atoms with Crippen molar-refractivity contribution >= 4 is 5.91 Å². The number of amides is 1. The summed E-state index contributed by atoms with van der Waals surface area (Å²) in [6.45, 7) is 7.95. The number of aromatic nitrogens is 2. The molecule has 90 valence electrons. The van der Waals surface area contributed by atoms with Crippen LogP contribution in [0.15, 0.2) is 4.63 Å². The Morgan fingerprint density at radius 3 is 2.56 bits per heavy atom. The van der Waals surface area contributed by atoms with Gasteiger partial charge in [-0.3, -0.25) is 4.79 Å². The van der Waals surface area contributed by atoms with Crippen LogP contribution in [0.25, 0.3) is 0 Å². The van der Waals surface area contributed by atoms with E-state index in [-0.39, 0.29) is 18.0 Å². The molecule has 0 aromatic carbocycles. The molecule has 0 aliphatic carbocycles. The van der Waals surface area contributed by atoms with E-state index in [4.69, 9.17) is 0 Å². The number of aryl methyl sites for hydroxylation is 1. The zero-order chi connectivity index (χ0) is 12.1. The lowest BCUT2D eigenvalue weighted by Gasteiger charge is -2.15. The second kappa shape index (κ2) is 5.60. The van der Waals surface area contributed by atoms with E-state index in [9.17, 15) is 4.79 Å². The van der Waals surface area contributed by atoms with Crippen molar-refractivity contribution in [2.45, 2.75) is 46.3 Å². The zero-order valence-corrected chi connectivity index (χ0v) is 10.1. The van der Waals surface area contributed by atoms with E-state index in [1.807, 2.05) is 20.8 Å². The Hall–Kier alpha value is -1.43. The molecule has 1 unspecified atom stereocenters. The topological polar surface area (TPSA) is 80.1 Å². The van der Waals surface area contributed by atoms with Crippen molar-refractivity contribution in [1.82, 2.24) is 20.9 Å². The highest BCUT2D eigenvalue weighted by atomic mass is 16.6. The molecule has 0 spiro atoms. The Kier molecular flexibility index (Phi) is 4.42. The molecule has 6 heteroatoms. The van der Waals surface area contributed by atoms with E-state index in [1.165, 1.54) is 0 Å². The Morgan fingerprint density at radius 2 is 2.06 bits per heavy atom. The van der Waals surface area contributed by atoms with Gasteiger partial charge in [0.05, 0.1) is 6.04 Å². The van der Waals surface area contributed by atoms with Gasteiger partial charge in [0.1, 0.15) is 11.4 Å². The van der Waals surface area contributed by atoms with Gasteiger partial charge in [-0.1, -0.05) is 10.3 Å². The summed E-state index contributed by atoms with van der Waals surface area (Å²) in [5, 5.41) is 13.3. The molecule has 1 heterocycles. The van der Waals surface area contributed by atoms with Gasteiger partial charge in [0.2, 0.25) is 5.91 Å². The van der Waals surface area contributed by atoms with Crippen LogP contribution in [0.4, 0.5) is 0 Å². The van der Waals surface area contributed by atoms with E-state index in [2.05, 4.69) is 25.6 Å². The van der Waals surface area contributed by atoms with Crippen LogP contribution in [0.2, 0.25) is 0 Å². The van der Waals surface area contributed by atoms with Crippen LogP contribution in [0.3, 0.4) is 0 Å². The predicted molar refractivity (Wildman–Crippen MR) is 58.6 cm³/mol. The summed E-state index contributed by atoms with van der Waals surface area (Å²) in [6.07, 6.45) is 0. The highest BCUT2D eigenvalue weighted by Crippen LogP contribution is 2.00. The molecule has 0 aliphatic rings. The maximum atomic E-state index is 11.6. The minimum absolute atomic E-state index is 0.0240. The fourth-order valence-corrected chi connectivity index (χ4v) is 1.16. The van der Waals surface area contributed by atoms with E-state index >= 15 is 0 Å². The Morgan fingerprint density at radius 1 is 1.38 bits per heavy atom. The lowest BCUT2D eigenvalue weighted by atomic mass is 10.2. The molecule has 0 fully saturated rings. The number of hydrogen-bond donors (Lipinski definition) is 2. The Labute approximate surface area is 94.7 Å². The average molecular weight is 226 g/mol. The van der Waals surface area contributed by atoms with Gasteiger partial charge in [-0.15, -0.1) is 0 Å². The summed E-state index contributed by atoms with van der Waals surface area (Å²) >= 11 is 0. The van der Waals surface area contributed by atoms with Gasteiger partial charge in [-0.2, -0.15) is 0 Å². The van der Waals surface area contributed by atoms with E-state index in [0.29, 0.717) is 6.54 Å². The molecule has 0 saturated heterocycles. The third kappa shape index (κ3) is 3.62. The summed E-state index contributed by atoms with van der Waals surface area (Å²) in [5.74, 6) is -0.0240. The number of carbonyl (C=O) groups excluding carboxylic acids is 1. The maximum absolute atomic E-state index is 11.6. The quantitative estimate of drug-likeness (QED) is 0.758. The molecule has 1 aromatic rings. The first kappa shape index (κ1) is 12.6. The van der Waals surface area contributed by atoms with Crippen LogP contribution in [-0.2, 0) is 11.3 Å². The van der Waals surface area contributed by atoms with Crippen LogP contribution in [-0.4, -0.2) is 28.3 Å². The first-order valence-corrected chi connectivity index (χ1v) is 5.32. The molecule has 1 rings (SSSR count). The van der Waals surface area contributed by atoms with Gasteiger partial charge >= 0.3 is 0 Å². The fraction of sp³-hybridized carbons (Fsp3) is 0.700. The minimum Gasteiger partial charge on any atom is -0.353 e. The van der Waals surface area contributed by atoms with Crippen molar-refractivity contribution in [3.05, 3.63) is 11.4 Å². The van der Waals surface area contributed by atoms with Crippen LogP contribution < -0.4 is 10.6 Å². The lowest BCUT2D eigenvalue weighted by Crippen LogP contribution is -2.44. The van der Waals surface area contributed by atoms with Crippen molar-refractivity contribution in [2.24, 2.45) is 0 Å². The molecular formula is C10H18N4O2.